The van der Waals surface area contributed by atoms with E-state index in [1.54, 1.807) is 0 Å². The molecular weight excluding hydrogens is 339 g/mol. The first-order valence-electron chi connectivity index (χ1n) is 8.94. The minimum absolute atomic E-state index is 0. The van der Waals surface area contributed by atoms with Crippen LogP contribution in [0.4, 0.5) is 0 Å². The molecule has 6 heteroatoms. The standard InChI is InChI=1S/C20H26N2O3.Na/c1-12-10-15(16-6-4-7-17(16)20(12)25)11-18-13(2)21-22(14(18)3)9-5-8-19(23)24;/h10,25H,4-9,11H2,1-3H3,(H,23,24);/q;+1/p-1. The second-order valence-electron chi connectivity index (χ2n) is 7.04. The van der Waals surface area contributed by atoms with Gasteiger partial charge in [0.05, 0.1) is 5.69 Å². The predicted molar refractivity (Wildman–Crippen MR) is 93.6 cm³/mol. The van der Waals surface area contributed by atoms with Crippen molar-refractivity contribution in [1.29, 1.82) is 0 Å². The molecule has 0 atom stereocenters. The van der Waals surface area contributed by atoms with E-state index >= 15 is 0 Å². The van der Waals surface area contributed by atoms with E-state index in [0.717, 1.165) is 48.2 Å². The molecule has 0 radical (unpaired) electrons. The summed E-state index contributed by atoms with van der Waals surface area (Å²) in [5.41, 5.74) is 7.92. The van der Waals surface area contributed by atoms with E-state index < -0.39 is 5.97 Å². The molecule has 3 rings (SSSR count). The fourth-order valence-electron chi connectivity index (χ4n) is 3.94. The van der Waals surface area contributed by atoms with Crippen molar-refractivity contribution in [3.8, 4) is 5.75 Å². The third-order valence-electron chi connectivity index (χ3n) is 5.30. The maximum atomic E-state index is 10.6. The van der Waals surface area contributed by atoms with Crippen LogP contribution in [0.2, 0.25) is 0 Å². The number of phenolic OH excluding ortho intramolecular Hbond substituents is 1. The molecule has 0 bridgehead atoms. The van der Waals surface area contributed by atoms with E-state index in [2.05, 4.69) is 11.2 Å². The van der Waals surface area contributed by atoms with Crippen LogP contribution in [0.1, 0.15) is 58.5 Å². The molecule has 0 amide bonds. The molecule has 0 fully saturated rings. The first-order valence-corrected chi connectivity index (χ1v) is 8.94. The Balaban J connectivity index is 0.00000243. The fraction of sp³-hybridized carbons (Fsp3) is 0.500. The van der Waals surface area contributed by atoms with Crippen LogP contribution in [-0.4, -0.2) is 20.9 Å². The molecule has 1 heterocycles. The van der Waals surface area contributed by atoms with Gasteiger partial charge in [0.2, 0.25) is 0 Å². The number of carboxylic acids is 1. The third-order valence-corrected chi connectivity index (χ3v) is 5.30. The molecule has 5 nitrogen and oxygen atoms in total. The number of fused-ring (bicyclic) bond motifs is 1. The number of hydrogen-bond acceptors (Lipinski definition) is 4. The van der Waals surface area contributed by atoms with Crippen molar-refractivity contribution < 1.29 is 44.6 Å². The molecule has 0 spiro atoms. The molecule has 1 N–H and O–H groups in total. The number of aryl methyl sites for hydroxylation is 3. The Morgan fingerprint density at radius 1 is 1.27 bits per heavy atom. The molecule has 0 saturated heterocycles. The van der Waals surface area contributed by atoms with Gasteiger partial charge in [0.15, 0.2) is 0 Å². The first kappa shape index (κ1) is 21.0. The van der Waals surface area contributed by atoms with Gasteiger partial charge in [0.1, 0.15) is 5.75 Å². The largest absolute Gasteiger partial charge is 1.00 e. The van der Waals surface area contributed by atoms with E-state index in [1.807, 2.05) is 25.5 Å². The van der Waals surface area contributed by atoms with Gasteiger partial charge >= 0.3 is 29.6 Å². The summed E-state index contributed by atoms with van der Waals surface area (Å²) in [6, 6.07) is 2.10. The molecule has 0 aliphatic heterocycles. The van der Waals surface area contributed by atoms with Crippen LogP contribution in [0.3, 0.4) is 0 Å². The second kappa shape index (κ2) is 8.59. The molecular formula is C20H25N2NaO3. The van der Waals surface area contributed by atoms with Crippen LogP contribution in [0.15, 0.2) is 6.07 Å². The Labute approximate surface area is 176 Å². The average Bonchev–Trinajstić information content (AvgIpc) is 3.13. The topological polar surface area (TPSA) is 78.2 Å². The Kier molecular flexibility index (Phi) is 6.94. The molecule has 0 saturated carbocycles. The van der Waals surface area contributed by atoms with Crippen LogP contribution < -0.4 is 34.7 Å². The first-order chi connectivity index (χ1) is 11.9. The molecule has 1 aliphatic carbocycles. The summed E-state index contributed by atoms with van der Waals surface area (Å²) in [7, 11) is 0. The van der Waals surface area contributed by atoms with Gasteiger partial charge in [-0.25, -0.2) is 0 Å². The summed E-state index contributed by atoms with van der Waals surface area (Å²) in [6.07, 6.45) is 4.46. The van der Waals surface area contributed by atoms with Crippen molar-refractivity contribution in [2.75, 3.05) is 0 Å². The van der Waals surface area contributed by atoms with Gasteiger partial charge in [0.25, 0.3) is 0 Å². The van der Waals surface area contributed by atoms with Crippen LogP contribution in [0.5, 0.6) is 5.75 Å². The Morgan fingerprint density at radius 3 is 2.65 bits per heavy atom. The number of carboxylic acid groups (broad SMARTS) is 1. The van der Waals surface area contributed by atoms with E-state index in [-0.39, 0.29) is 36.0 Å². The normalized spacial score (nSPS) is 12.7. The zero-order chi connectivity index (χ0) is 18.1. The monoisotopic (exact) mass is 364 g/mol. The van der Waals surface area contributed by atoms with Crippen molar-refractivity contribution in [3.63, 3.8) is 0 Å². The maximum Gasteiger partial charge on any atom is 1.00 e. The van der Waals surface area contributed by atoms with Crippen molar-refractivity contribution in [2.24, 2.45) is 0 Å². The van der Waals surface area contributed by atoms with Crippen molar-refractivity contribution in [2.45, 2.75) is 65.8 Å². The van der Waals surface area contributed by atoms with Gasteiger partial charge in [0, 0.05) is 30.2 Å². The summed E-state index contributed by atoms with van der Waals surface area (Å²) in [6.45, 7) is 6.60. The number of benzene rings is 1. The number of carbonyl (C=O) groups excluding carboxylic acids is 1. The summed E-state index contributed by atoms with van der Waals surface area (Å²) in [5.74, 6) is -0.556. The van der Waals surface area contributed by atoms with Gasteiger partial charge in [-0.05, 0) is 75.1 Å². The number of aromatic nitrogens is 2. The predicted octanol–water partition coefficient (Wildman–Crippen LogP) is -0.872. The fourth-order valence-corrected chi connectivity index (χ4v) is 3.94. The minimum Gasteiger partial charge on any atom is -0.550 e. The van der Waals surface area contributed by atoms with E-state index in [9.17, 15) is 15.0 Å². The van der Waals surface area contributed by atoms with Gasteiger partial charge in [-0.15, -0.1) is 0 Å². The van der Waals surface area contributed by atoms with Crippen molar-refractivity contribution >= 4 is 5.97 Å². The average molecular weight is 364 g/mol. The number of hydrogen-bond donors (Lipinski definition) is 1. The van der Waals surface area contributed by atoms with Gasteiger partial charge in [-0.1, -0.05) is 6.07 Å². The number of phenols is 1. The zero-order valence-corrected chi connectivity index (χ0v) is 18.2. The number of aromatic hydroxyl groups is 1. The van der Waals surface area contributed by atoms with Gasteiger partial charge < -0.3 is 15.0 Å². The SMILES string of the molecule is Cc1cc(Cc2c(C)nn(CCCC(=O)[O-])c2C)c2c(c1O)CCC2.[Na+]. The molecule has 0 unspecified atom stereocenters. The molecule has 1 aromatic carbocycles. The van der Waals surface area contributed by atoms with Crippen molar-refractivity contribution in [3.05, 3.63) is 45.3 Å². The van der Waals surface area contributed by atoms with E-state index in [4.69, 9.17) is 0 Å². The van der Waals surface area contributed by atoms with Crippen LogP contribution in [0.25, 0.3) is 0 Å². The molecule has 1 aromatic heterocycles. The second-order valence-corrected chi connectivity index (χ2v) is 7.04. The van der Waals surface area contributed by atoms with Crippen molar-refractivity contribution in [1.82, 2.24) is 9.78 Å². The summed E-state index contributed by atoms with van der Waals surface area (Å²) < 4.78 is 1.90. The Morgan fingerprint density at radius 2 is 1.96 bits per heavy atom. The molecule has 26 heavy (non-hydrogen) atoms. The Hall–Kier alpha value is -1.30. The minimum atomic E-state index is -1.02. The van der Waals surface area contributed by atoms with E-state index in [0.29, 0.717) is 18.7 Å². The summed E-state index contributed by atoms with van der Waals surface area (Å²) >= 11 is 0. The van der Waals surface area contributed by atoms with Crippen LogP contribution >= 0.6 is 0 Å². The quantitative estimate of drug-likeness (QED) is 0.676. The Bertz CT molecular complexity index is 827. The van der Waals surface area contributed by atoms with Crippen LogP contribution in [0, 0.1) is 20.8 Å². The molecule has 2 aromatic rings. The summed E-state index contributed by atoms with van der Waals surface area (Å²) in [4.78, 5) is 10.6. The third kappa shape index (κ3) is 4.16. The zero-order valence-electron chi connectivity index (χ0n) is 16.2. The number of carbonyl (C=O) groups is 1. The number of nitrogens with zero attached hydrogens (tertiary/aromatic N) is 2. The molecule has 1 aliphatic rings. The van der Waals surface area contributed by atoms with Gasteiger partial charge in [-0.2, -0.15) is 5.10 Å². The van der Waals surface area contributed by atoms with E-state index in [1.165, 1.54) is 16.7 Å². The van der Waals surface area contributed by atoms with Gasteiger partial charge in [-0.3, -0.25) is 4.68 Å². The maximum absolute atomic E-state index is 10.6. The van der Waals surface area contributed by atoms with Crippen LogP contribution in [-0.2, 0) is 30.6 Å². The number of aliphatic carboxylic acids is 1. The smallest absolute Gasteiger partial charge is 0.550 e. The molecule has 134 valence electrons. The number of rotatable bonds is 6. The summed E-state index contributed by atoms with van der Waals surface area (Å²) in [5, 5.41) is 25.5.